The minimum absolute atomic E-state index is 0.00346. The second kappa shape index (κ2) is 7.94. The van der Waals surface area contributed by atoms with Gasteiger partial charge >= 0.3 is 0 Å². The Labute approximate surface area is 119 Å². The Kier molecular flexibility index (Phi) is 5.91. The van der Waals surface area contributed by atoms with Gasteiger partial charge in [0.2, 0.25) is 0 Å². The van der Waals surface area contributed by atoms with Gasteiger partial charge in [0.15, 0.2) is 6.40 Å². The lowest BCUT2D eigenvalue weighted by atomic mass is 10.1. The van der Waals surface area contributed by atoms with Crippen molar-refractivity contribution >= 4 is 6.40 Å². The molecule has 1 saturated heterocycles. The lowest BCUT2D eigenvalue weighted by molar-refractivity contribution is 0.156. The van der Waals surface area contributed by atoms with E-state index in [1.807, 2.05) is 12.1 Å². The maximum atomic E-state index is 8.99. The van der Waals surface area contributed by atoms with Crippen LogP contribution in [0.2, 0.25) is 0 Å². The summed E-state index contributed by atoms with van der Waals surface area (Å²) >= 11 is 0. The maximum Gasteiger partial charge on any atom is 0.170 e. The van der Waals surface area contributed by atoms with E-state index in [2.05, 4.69) is 27.2 Å². The number of rotatable bonds is 2. The predicted molar refractivity (Wildman–Crippen MR) is 77.8 cm³/mol. The molecule has 110 valence electrons. The van der Waals surface area contributed by atoms with Gasteiger partial charge in [0, 0.05) is 38.6 Å². The van der Waals surface area contributed by atoms with E-state index in [4.69, 9.17) is 9.84 Å². The van der Waals surface area contributed by atoms with Crippen LogP contribution in [0, 0.1) is 0 Å². The first kappa shape index (κ1) is 14.9. The molecule has 1 aromatic heterocycles. The normalized spacial score (nSPS) is 25.7. The summed E-state index contributed by atoms with van der Waals surface area (Å²) in [5.41, 5.74) is 0.992. The van der Waals surface area contributed by atoms with Crippen LogP contribution in [0.5, 0.6) is 0 Å². The van der Waals surface area contributed by atoms with Crippen molar-refractivity contribution in [2.75, 3.05) is 39.8 Å². The zero-order valence-corrected chi connectivity index (χ0v) is 11.8. The molecule has 0 aromatic carbocycles. The zero-order valence-electron chi connectivity index (χ0n) is 11.8. The zero-order chi connectivity index (χ0) is 14.2. The predicted octanol–water partition coefficient (Wildman–Crippen LogP) is 0.0635. The van der Waals surface area contributed by atoms with Crippen molar-refractivity contribution in [3.8, 4) is 0 Å². The number of aliphatic hydroxyl groups is 1. The molecule has 6 nitrogen and oxygen atoms in total. The van der Waals surface area contributed by atoms with Crippen LogP contribution in [0.1, 0.15) is 11.7 Å². The number of pyridine rings is 1. The highest BCUT2D eigenvalue weighted by Crippen LogP contribution is 2.25. The number of aliphatic hydroxyl groups excluding tert-OH is 1. The Morgan fingerprint density at radius 3 is 2.60 bits per heavy atom. The average Bonchev–Trinajstić information content (AvgIpc) is 2.98. The Bertz CT molecular complexity index is 407. The number of hydrogen-bond acceptors (Lipinski definition) is 6. The van der Waals surface area contributed by atoms with Gasteiger partial charge < -0.3 is 20.1 Å². The molecule has 2 atom stereocenters. The molecule has 0 amide bonds. The van der Waals surface area contributed by atoms with Gasteiger partial charge in [0.1, 0.15) is 12.1 Å². The number of nitrogens with zero attached hydrogens (tertiary/aromatic N) is 3. The molecule has 2 aliphatic heterocycles. The van der Waals surface area contributed by atoms with Crippen LogP contribution in [-0.2, 0) is 4.74 Å². The van der Waals surface area contributed by atoms with Crippen molar-refractivity contribution in [1.82, 2.24) is 15.2 Å². The smallest absolute Gasteiger partial charge is 0.170 e. The Hall–Kier alpha value is -1.50. The van der Waals surface area contributed by atoms with E-state index in [0.29, 0.717) is 0 Å². The minimum atomic E-state index is -0.178. The monoisotopic (exact) mass is 278 g/mol. The van der Waals surface area contributed by atoms with Crippen molar-refractivity contribution < 1.29 is 9.84 Å². The second-order valence-electron chi connectivity index (χ2n) is 4.89. The standard InChI is InChI=1S/C9H10N2O2.C5H12N2/c12-5-8-9(13-6-11-8)7-1-3-10-4-2-7;1-7-4-2-6-3-5-7/h1-4,6,8-9,12H,5H2;6H,2-5H2,1H3/t8-,9?;/m1./s1. The number of nitrogens with one attached hydrogen (secondary N) is 1. The molecule has 2 aliphatic rings. The fraction of sp³-hybridized carbons (Fsp3) is 0.571. The number of ether oxygens (including phenoxy) is 1. The summed E-state index contributed by atoms with van der Waals surface area (Å²) in [6, 6.07) is 3.55. The minimum Gasteiger partial charge on any atom is -0.473 e. The van der Waals surface area contributed by atoms with Gasteiger partial charge in [-0.25, -0.2) is 4.99 Å². The highest BCUT2D eigenvalue weighted by Gasteiger charge is 2.26. The summed E-state index contributed by atoms with van der Waals surface area (Å²) in [5, 5.41) is 12.3. The second-order valence-corrected chi connectivity index (χ2v) is 4.89. The van der Waals surface area contributed by atoms with Gasteiger partial charge in [-0.05, 0) is 24.7 Å². The molecule has 6 heteroatoms. The molecule has 0 spiro atoms. The molecule has 2 N–H and O–H groups in total. The van der Waals surface area contributed by atoms with E-state index >= 15 is 0 Å². The largest absolute Gasteiger partial charge is 0.473 e. The molecule has 0 aliphatic carbocycles. The fourth-order valence-corrected chi connectivity index (χ4v) is 2.12. The first-order valence-corrected chi connectivity index (χ1v) is 6.88. The molecule has 0 radical (unpaired) electrons. The molecule has 1 aromatic rings. The van der Waals surface area contributed by atoms with Crippen LogP contribution >= 0.6 is 0 Å². The van der Waals surface area contributed by atoms with Crippen LogP contribution in [0.4, 0.5) is 0 Å². The molecule has 0 saturated carbocycles. The van der Waals surface area contributed by atoms with Gasteiger partial charge in [-0.15, -0.1) is 0 Å². The van der Waals surface area contributed by atoms with Gasteiger partial charge in [0.25, 0.3) is 0 Å². The molecule has 3 heterocycles. The van der Waals surface area contributed by atoms with Crippen LogP contribution in [-0.4, -0.2) is 67.3 Å². The third-order valence-electron chi connectivity index (χ3n) is 3.37. The number of likely N-dealkylation sites (N-methyl/N-ethyl adjacent to an activating group) is 1. The van der Waals surface area contributed by atoms with Gasteiger partial charge in [-0.2, -0.15) is 0 Å². The summed E-state index contributed by atoms with van der Waals surface area (Å²) in [7, 11) is 2.15. The third-order valence-corrected chi connectivity index (χ3v) is 3.37. The van der Waals surface area contributed by atoms with Gasteiger partial charge in [-0.3, -0.25) is 4.98 Å². The molecule has 1 unspecified atom stereocenters. The topological polar surface area (TPSA) is 70.0 Å². The van der Waals surface area contributed by atoms with Crippen molar-refractivity contribution in [3.05, 3.63) is 30.1 Å². The number of aromatic nitrogens is 1. The molecular weight excluding hydrogens is 256 g/mol. The highest BCUT2D eigenvalue weighted by atomic mass is 16.5. The van der Waals surface area contributed by atoms with Crippen molar-refractivity contribution in [2.45, 2.75) is 12.1 Å². The fourth-order valence-electron chi connectivity index (χ4n) is 2.12. The lowest BCUT2D eigenvalue weighted by Crippen LogP contribution is -2.40. The van der Waals surface area contributed by atoms with Crippen LogP contribution in [0.15, 0.2) is 29.5 Å². The quantitative estimate of drug-likeness (QED) is 0.801. The van der Waals surface area contributed by atoms with E-state index in [1.165, 1.54) is 19.5 Å². The number of hydrogen-bond donors (Lipinski definition) is 2. The van der Waals surface area contributed by atoms with Crippen LogP contribution in [0.3, 0.4) is 0 Å². The van der Waals surface area contributed by atoms with Gasteiger partial charge in [0.05, 0.1) is 6.61 Å². The SMILES string of the molecule is CN1CCNCC1.OC[C@H]1N=COC1c1ccncc1. The Morgan fingerprint density at radius 1 is 1.35 bits per heavy atom. The summed E-state index contributed by atoms with van der Waals surface area (Å²) in [5.74, 6) is 0. The summed E-state index contributed by atoms with van der Waals surface area (Å²) in [6.07, 6.45) is 4.64. The first-order valence-electron chi connectivity index (χ1n) is 6.88. The van der Waals surface area contributed by atoms with Crippen LogP contribution < -0.4 is 5.32 Å². The molecule has 0 bridgehead atoms. The maximum absolute atomic E-state index is 8.99. The van der Waals surface area contributed by atoms with E-state index in [1.54, 1.807) is 12.4 Å². The van der Waals surface area contributed by atoms with E-state index in [9.17, 15) is 0 Å². The summed E-state index contributed by atoms with van der Waals surface area (Å²) in [4.78, 5) is 10.2. The van der Waals surface area contributed by atoms with Crippen molar-refractivity contribution in [3.63, 3.8) is 0 Å². The van der Waals surface area contributed by atoms with E-state index < -0.39 is 0 Å². The first-order chi connectivity index (χ1) is 9.81. The third kappa shape index (κ3) is 4.26. The molecule has 1 fully saturated rings. The Morgan fingerprint density at radius 2 is 2.05 bits per heavy atom. The summed E-state index contributed by atoms with van der Waals surface area (Å²) < 4.78 is 5.26. The summed E-state index contributed by atoms with van der Waals surface area (Å²) in [6.45, 7) is 4.75. The van der Waals surface area contributed by atoms with Gasteiger partial charge in [-0.1, -0.05) is 0 Å². The lowest BCUT2D eigenvalue weighted by Gasteiger charge is -2.21. The van der Waals surface area contributed by atoms with Crippen molar-refractivity contribution in [1.29, 1.82) is 0 Å². The molecule has 3 rings (SSSR count). The van der Waals surface area contributed by atoms with E-state index in [-0.39, 0.29) is 18.8 Å². The number of aliphatic imine (C=N–C) groups is 1. The van der Waals surface area contributed by atoms with Crippen LogP contribution in [0.25, 0.3) is 0 Å². The van der Waals surface area contributed by atoms with Crippen molar-refractivity contribution in [2.24, 2.45) is 4.99 Å². The Balaban J connectivity index is 0.000000178. The molecular formula is C14H22N4O2. The van der Waals surface area contributed by atoms with E-state index in [0.717, 1.165) is 18.7 Å². The average molecular weight is 278 g/mol. The molecule has 20 heavy (non-hydrogen) atoms. The highest BCUT2D eigenvalue weighted by molar-refractivity contribution is 5.51. The number of piperazine rings is 1.